The minimum atomic E-state index is -0.877. The Morgan fingerprint density at radius 1 is 0.426 bits per heavy atom. The van der Waals surface area contributed by atoms with E-state index >= 15 is 0 Å². The molecule has 8 aromatic rings. The third kappa shape index (κ3) is 37.3. The predicted molar refractivity (Wildman–Crippen MR) is 471 cm³/mol. The van der Waals surface area contributed by atoms with Crippen LogP contribution >= 0.6 is 34.8 Å². The number of anilines is 5. The molecule has 0 amide bonds. The number of ether oxygens (including phenoxy) is 2. The van der Waals surface area contributed by atoms with Crippen molar-refractivity contribution in [2.24, 2.45) is 36.6 Å². The molecular formula is C86H105Cl3N14O19. The van der Waals surface area contributed by atoms with Crippen molar-refractivity contribution in [2.45, 2.75) is 137 Å². The molecule has 0 heterocycles. The van der Waals surface area contributed by atoms with Gasteiger partial charge in [0.1, 0.15) is 28.5 Å². The van der Waals surface area contributed by atoms with E-state index in [9.17, 15) is 64.7 Å². The van der Waals surface area contributed by atoms with Gasteiger partial charge in [0, 0.05) is 156 Å². The zero-order chi connectivity index (χ0) is 89.3. The van der Waals surface area contributed by atoms with Crippen LogP contribution in [0.3, 0.4) is 0 Å². The number of non-ortho nitro benzene ring substituents is 3. The van der Waals surface area contributed by atoms with E-state index in [1.807, 2.05) is 116 Å². The highest BCUT2D eigenvalue weighted by atomic mass is 35.5. The molecule has 33 nitrogen and oxygen atoms in total. The number of carbonyl (C=O) groups excluding carboxylic acids is 4. The number of rotatable bonds is 50. The van der Waals surface area contributed by atoms with Gasteiger partial charge in [0.2, 0.25) is 0 Å². The zero-order valence-electron chi connectivity index (χ0n) is 68.8. The number of ketones is 4. The highest BCUT2D eigenvalue weighted by molar-refractivity contribution is 6.34. The van der Waals surface area contributed by atoms with Gasteiger partial charge >= 0.3 is 0 Å². The number of nitrogens with one attached hydrogen (secondary N) is 1. The average molecular weight is 1750 g/mol. The number of halogens is 3. The summed E-state index contributed by atoms with van der Waals surface area (Å²) in [4.78, 5) is 96.5. The van der Waals surface area contributed by atoms with E-state index in [4.69, 9.17) is 64.7 Å². The molecule has 1 atom stereocenters. The van der Waals surface area contributed by atoms with E-state index in [1.165, 1.54) is 60.7 Å². The van der Waals surface area contributed by atoms with Crippen molar-refractivity contribution in [3.63, 3.8) is 0 Å². The van der Waals surface area contributed by atoms with Crippen LogP contribution in [0.5, 0.6) is 0 Å². The van der Waals surface area contributed by atoms with Gasteiger partial charge in [-0.2, -0.15) is 15.3 Å². The fourth-order valence-corrected chi connectivity index (χ4v) is 12.3. The smallest absolute Gasteiger partial charge is 0.292 e. The number of hydrogen-bond donors (Lipinski definition) is 6. The molecule has 0 saturated carbocycles. The first-order valence-corrected chi connectivity index (χ1v) is 40.9. The molecule has 8 aromatic carbocycles. The largest absolute Gasteiger partial charge is 0.396 e. The van der Waals surface area contributed by atoms with E-state index in [0.717, 1.165) is 61.3 Å². The molecule has 0 aliphatic heterocycles. The van der Waals surface area contributed by atoms with Gasteiger partial charge in [0.15, 0.2) is 23.6 Å². The summed E-state index contributed by atoms with van der Waals surface area (Å²) < 4.78 is 11.1. The minimum Gasteiger partial charge on any atom is -0.396 e. The number of nitro benzene ring substituents is 4. The number of Topliss-reactive ketones (excluding diaryl/α,β-unsaturated/α-hetero) is 4. The Hall–Kier alpha value is -11.4. The fraction of sp³-hybridized carbons (Fsp3) is 0.395. The second kappa shape index (κ2) is 56.3. The topological polar surface area (TPSA) is 456 Å². The molecule has 36 heteroatoms. The van der Waals surface area contributed by atoms with E-state index in [1.54, 1.807) is 48.5 Å². The normalized spacial score (nSPS) is 11.3. The maximum Gasteiger partial charge on any atom is 0.292 e. The number of aliphatic hydroxyl groups excluding tert-OH is 5. The van der Waals surface area contributed by atoms with E-state index < -0.39 is 25.8 Å². The molecule has 1 unspecified atom stereocenters. The number of para-hydroxylation sites is 1. The van der Waals surface area contributed by atoms with Crippen LogP contribution in [0.1, 0.15) is 124 Å². The summed E-state index contributed by atoms with van der Waals surface area (Å²) in [5.74, 6) is 0.102. The highest BCUT2D eigenvalue weighted by Gasteiger charge is 2.21. The summed E-state index contributed by atoms with van der Waals surface area (Å²) in [6, 6.07) is 47.6. The number of unbranched alkanes of at least 4 members (excludes halogenated alkanes) is 3. The summed E-state index contributed by atoms with van der Waals surface area (Å²) in [5.41, 5.74) is 6.71. The monoisotopic (exact) mass is 1740 g/mol. The van der Waals surface area contributed by atoms with Crippen LogP contribution in [0.2, 0.25) is 15.1 Å². The molecule has 0 radical (unpaired) electrons. The molecule has 0 fully saturated rings. The first-order valence-electron chi connectivity index (χ1n) is 39.8. The highest BCUT2D eigenvalue weighted by Crippen LogP contribution is 2.36. The van der Waals surface area contributed by atoms with Gasteiger partial charge in [-0.25, -0.2) is 0 Å². The lowest BCUT2D eigenvalue weighted by molar-refractivity contribution is -0.385. The number of hydrogen-bond acceptors (Lipinski definition) is 29. The number of carbonyl (C=O) groups is 4. The summed E-state index contributed by atoms with van der Waals surface area (Å²) in [7, 11) is 0. The molecule has 6 N–H and O–H groups in total. The molecule has 122 heavy (non-hydrogen) atoms. The molecule has 0 bridgehead atoms. The molecule has 8 rings (SSSR count). The third-order valence-electron chi connectivity index (χ3n) is 18.4. The second-order valence-corrected chi connectivity index (χ2v) is 28.6. The van der Waals surface area contributed by atoms with Crippen molar-refractivity contribution < 1.29 is 73.9 Å². The number of nitrogens with zero attached hydrogens (tertiary/aromatic N) is 13. The number of nitro groups is 4. The van der Waals surface area contributed by atoms with Crippen molar-refractivity contribution in [1.29, 1.82) is 0 Å². The Morgan fingerprint density at radius 2 is 0.828 bits per heavy atom. The first kappa shape index (κ1) is 101. The molecule has 654 valence electrons. The summed E-state index contributed by atoms with van der Waals surface area (Å²) >= 11 is 18.1. The quantitative estimate of drug-likeness (QED) is 0.00678. The molecular weight excluding hydrogens is 1640 g/mol. The maximum absolute atomic E-state index is 12.5. The van der Waals surface area contributed by atoms with Crippen LogP contribution in [0.15, 0.2) is 207 Å². The number of benzene rings is 8. The van der Waals surface area contributed by atoms with Gasteiger partial charge < -0.3 is 55.0 Å². The number of aliphatic hydroxyl groups is 5. The van der Waals surface area contributed by atoms with Crippen LogP contribution in [0.25, 0.3) is 0 Å². The van der Waals surface area contributed by atoms with E-state index in [0.29, 0.717) is 123 Å². The predicted octanol–water partition coefficient (Wildman–Crippen LogP) is 20.0. The number of likely N-dealkylation sites (N-methyl/N-ethyl adjacent to an activating group) is 3. The van der Waals surface area contributed by atoms with Crippen molar-refractivity contribution in [2.75, 3.05) is 98.9 Å². The molecule has 0 aliphatic rings. The Labute approximate surface area is 722 Å². The van der Waals surface area contributed by atoms with E-state index in [2.05, 4.69) is 36.0 Å². The van der Waals surface area contributed by atoms with Crippen molar-refractivity contribution in [3.8, 4) is 0 Å². The standard InChI is InChI=1S/C25H33ClN4O5.C21H25ClN4O4.C20H23ClN4O5.C20H24N2O5/c1-4-29(18-22(31)9-7-8-10-25(34-5-2)35-6-3)20-13-11-19(12-14-20)27-28-24-16-15-21(30(32)33)17-23(24)26;1-2-25(15-19(28)6-4-3-5-13-27)17-9-7-16(8-10-17)23-24-21-12-11-18(26(29)30)14-20(21)22;1-2-24(12-17(27)8-9-18(28)13-26)15-5-3-14(4-6-15)22-23-20-10-7-16(25(29)30)11-19(20)21;23-13-16(14-24)5-4-8-18(25)11-15-9-10-19(20(12-15)22(26)27)21-17-6-2-1-3-7-17/h11-17,25H,4-10,18H2,1-3H3;7-12,14,27H,2-6,13,15H2,1H3;3-7,10-11,18,26,28H,2,8-9,12-13H2,1H3;1-3,6-7,9-10,12,16,21,23-24H,4-5,8,11,13-14H2. The van der Waals surface area contributed by atoms with Crippen LogP contribution in [-0.2, 0) is 35.1 Å². The second-order valence-electron chi connectivity index (χ2n) is 27.4. The fourth-order valence-electron chi connectivity index (χ4n) is 11.6. The van der Waals surface area contributed by atoms with Crippen molar-refractivity contribution >= 4 is 143 Å². The summed E-state index contributed by atoms with van der Waals surface area (Å²) in [5, 5.41) is 117. The van der Waals surface area contributed by atoms with Crippen LogP contribution in [-0.4, -0.2) is 160 Å². The molecule has 0 aliphatic carbocycles. The van der Waals surface area contributed by atoms with Gasteiger partial charge in [0.05, 0.1) is 84.2 Å². The Morgan fingerprint density at radius 3 is 1.19 bits per heavy atom. The molecule has 0 saturated heterocycles. The zero-order valence-corrected chi connectivity index (χ0v) is 71.0. The van der Waals surface area contributed by atoms with Crippen molar-refractivity contribution in [3.05, 3.63) is 237 Å². The SMILES string of the molecule is CCN(CC(=O)CCC(O)CO)c1ccc(N=Nc2ccc([N+](=O)[O-])cc2Cl)cc1.CCN(CC(=O)CCCCCO)c1ccc(N=Nc2ccc([N+](=O)[O-])cc2Cl)cc1.CCOC(CCCCC(=O)CN(CC)c1ccc(N=Nc2ccc([N+](=O)[O-])cc2Cl)cc1)OCC.O=C(CCCC(CO)CO)Cc1ccc(Nc2ccccc2)c([N+](=O)[O-])c1. The van der Waals surface area contributed by atoms with Crippen LogP contribution in [0, 0.1) is 46.4 Å². The van der Waals surface area contributed by atoms with Gasteiger partial charge in [-0.1, -0.05) is 65.5 Å². The van der Waals surface area contributed by atoms with Crippen LogP contribution in [0.4, 0.5) is 85.3 Å². The molecule has 0 spiro atoms. The maximum atomic E-state index is 12.5. The van der Waals surface area contributed by atoms with E-state index in [-0.39, 0.29) is 125 Å². The Kier molecular flexibility index (Phi) is 46.7. The minimum absolute atomic E-state index is 0.0253. The van der Waals surface area contributed by atoms with Gasteiger partial charge in [-0.05, 0) is 201 Å². The van der Waals surface area contributed by atoms with Gasteiger partial charge in [0.25, 0.3) is 22.7 Å². The summed E-state index contributed by atoms with van der Waals surface area (Å²) in [6.45, 7) is 13.5. The third-order valence-corrected chi connectivity index (χ3v) is 19.3. The lowest BCUT2D eigenvalue weighted by Crippen LogP contribution is -2.30. The Balaban J connectivity index is 0.000000290. The van der Waals surface area contributed by atoms with Gasteiger partial charge in [-0.3, -0.25) is 59.6 Å². The van der Waals surface area contributed by atoms with Gasteiger partial charge in [-0.15, -0.1) is 15.3 Å². The Bertz CT molecular complexity index is 4700. The lowest BCUT2D eigenvalue weighted by atomic mass is 9.99. The van der Waals surface area contributed by atoms with Crippen LogP contribution < -0.4 is 20.0 Å². The number of azo groups is 3. The first-order chi connectivity index (χ1) is 58.7. The lowest BCUT2D eigenvalue weighted by Gasteiger charge is -2.22. The molecule has 0 aromatic heterocycles. The summed E-state index contributed by atoms with van der Waals surface area (Å²) in [6.07, 6.45) is 6.80. The van der Waals surface area contributed by atoms with Crippen molar-refractivity contribution in [1.82, 2.24) is 0 Å². The average Bonchev–Trinajstić information content (AvgIpc) is 0.850.